The number of hydrogen-bond donors (Lipinski definition) is 0. The summed E-state index contributed by atoms with van der Waals surface area (Å²) in [7, 11) is 3.06. The van der Waals surface area contributed by atoms with Crippen LogP contribution in [0.5, 0.6) is 0 Å². The van der Waals surface area contributed by atoms with E-state index in [9.17, 15) is 13.2 Å². The summed E-state index contributed by atoms with van der Waals surface area (Å²) in [6, 6.07) is 1.58. The Hall–Kier alpha value is -0.813. The molecule has 117 valence electrons. The van der Waals surface area contributed by atoms with E-state index < -0.39 is 17.5 Å². The Labute approximate surface area is 128 Å². The Bertz CT molecular complexity index is 449. The van der Waals surface area contributed by atoms with Gasteiger partial charge in [-0.05, 0) is 44.7 Å². The fraction of sp³-hybridized carbons (Fsp3) is 0.625. The summed E-state index contributed by atoms with van der Waals surface area (Å²) < 4.78 is 44.4. The van der Waals surface area contributed by atoms with E-state index in [2.05, 4.69) is 10.5 Å². The predicted octanol–water partition coefficient (Wildman–Crippen LogP) is 4.87. The van der Waals surface area contributed by atoms with Crippen LogP contribution >= 0.6 is 0 Å². The van der Waals surface area contributed by atoms with E-state index in [0.717, 1.165) is 44.6 Å². The molecule has 0 heterocycles. The molecule has 5 heteroatoms. The largest absolute Gasteiger partial charge is 0.414 e. The zero-order chi connectivity index (χ0) is 15.9. The molecule has 0 aromatic heterocycles. The van der Waals surface area contributed by atoms with Crippen LogP contribution < -0.4 is 0 Å². The van der Waals surface area contributed by atoms with E-state index in [1.165, 1.54) is 0 Å². The Kier molecular flexibility index (Phi) is 7.46. The lowest BCUT2D eigenvalue weighted by molar-refractivity contribution is 0.109. The molecular formula is C16H22F3OSi. The van der Waals surface area contributed by atoms with Crippen molar-refractivity contribution >= 4 is 10.5 Å². The molecular weight excluding hydrogens is 293 g/mol. The van der Waals surface area contributed by atoms with Crippen molar-refractivity contribution in [2.45, 2.75) is 64.4 Å². The van der Waals surface area contributed by atoms with Gasteiger partial charge in [0.05, 0.1) is 0 Å². The second kappa shape index (κ2) is 8.59. The van der Waals surface area contributed by atoms with Gasteiger partial charge in [0.2, 0.25) is 10.5 Å². The van der Waals surface area contributed by atoms with Crippen molar-refractivity contribution < 1.29 is 17.6 Å². The Balaban J connectivity index is 2.19. The van der Waals surface area contributed by atoms with Crippen LogP contribution in [0, 0.1) is 17.5 Å². The number of rotatable bonds is 9. The molecule has 1 aromatic rings. The van der Waals surface area contributed by atoms with Crippen molar-refractivity contribution in [1.82, 2.24) is 0 Å². The maximum atomic E-state index is 13.4. The van der Waals surface area contributed by atoms with Crippen molar-refractivity contribution in [1.29, 1.82) is 0 Å². The Morgan fingerprint density at radius 1 is 0.905 bits per heavy atom. The highest BCUT2D eigenvalue weighted by molar-refractivity contribution is 5.98. The molecule has 0 aliphatic carbocycles. The molecule has 0 aliphatic rings. The number of benzene rings is 1. The van der Waals surface area contributed by atoms with Gasteiger partial charge in [0, 0.05) is 11.7 Å². The average Bonchev–Trinajstić information content (AvgIpc) is 2.43. The van der Waals surface area contributed by atoms with Gasteiger partial charge in [-0.1, -0.05) is 25.7 Å². The van der Waals surface area contributed by atoms with Crippen LogP contribution in [0.1, 0.15) is 57.9 Å². The second-order valence-corrected chi connectivity index (χ2v) is 6.19. The smallest absolute Gasteiger partial charge is 0.246 e. The number of aryl methyl sites for hydroxylation is 1. The Morgan fingerprint density at radius 3 is 2.14 bits per heavy atom. The van der Waals surface area contributed by atoms with Crippen LogP contribution in [-0.2, 0) is 10.8 Å². The maximum Gasteiger partial charge on any atom is 0.246 e. The van der Waals surface area contributed by atoms with Crippen LogP contribution in [0.3, 0.4) is 0 Å². The van der Waals surface area contributed by atoms with Crippen molar-refractivity contribution in [3.05, 3.63) is 35.1 Å². The van der Waals surface area contributed by atoms with Gasteiger partial charge in [-0.2, -0.15) is 0 Å². The highest BCUT2D eigenvalue weighted by atomic mass is 28.2. The van der Waals surface area contributed by atoms with E-state index in [0.29, 0.717) is 12.5 Å². The second-order valence-electron chi connectivity index (χ2n) is 5.99. The first-order chi connectivity index (χ1) is 9.85. The minimum atomic E-state index is -1.13. The molecule has 0 amide bonds. The first-order valence-corrected chi connectivity index (χ1v) is 7.75. The monoisotopic (exact) mass is 315 g/mol. The number of hydrogen-bond acceptors (Lipinski definition) is 1. The molecule has 0 spiro atoms. The first kappa shape index (κ1) is 18.2. The molecule has 21 heavy (non-hydrogen) atoms. The van der Waals surface area contributed by atoms with E-state index >= 15 is 0 Å². The summed E-state index contributed by atoms with van der Waals surface area (Å²) in [5.41, 5.74) is 0.0912. The lowest BCUT2D eigenvalue weighted by Crippen LogP contribution is -2.22. The lowest BCUT2D eigenvalue weighted by Gasteiger charge is -2.22. The van der Waals surface area contributed by atoms with E-state index in [-0.39, 0.29) is 11.2 Å². The van der Waals surface area contributed by atoms with Gasteiger partial charge in [0.1, 0.15) is 5.82 Å². The fourth-order valence-electron chi connectivity index (χ4n) is 2.20. The van der Waals surface area contributed by atoms with Crippen LogP contribution in [0.15, 0.2) is 12.1 Å². The van der Waals surface area contributed by atoms with Gasteiger partial charge in [0.25, 0.3) is 0 Å². The summed E-state index contributed by atoms with van der Waals surface area (Å²) in [5.74, 6) is -2.78. The van der Waals surface area contributed by atoms with Gasteiger partial charge in [-0.25, -0.2) is 13.2 Å². The van der Waals surface area contributed by atoms with Gasteiger partial charge < -0.3 is 4.43 Å². The summed E-state index contributed by atoms with van der Waals surface area (Å²) in [6.45, 7) is 4.04. The van der Waals surface area contributed by atoms with Crippen LogP contribution in [0.4, 0.5) is 13.2 Å². The quantitative estimate of drug-likeness (QED) is 0.359. The molecule has 0 saturated carbocycles. The van der Waals surface area contributed by atoms with Gasteiger partial charge >= 0.3 is 0 Å². The van der Waals surface area contributed by atoms with Crippen LogP contribution in [0.2, 0.25) is 0 Å². The SMILES string of the molecule is CC(C)(CCCCCCCc1cc(F)c(F)cc1F)O[Si]. The molecule has 0 unspecified atom stereocenters. The molecule has 1 nitrogen and oxygen atoms in total. The zero-order valence-electron chi connectivity index (χ0n) is 12.6. The van der Waals surface area contributed by atoms with E-state index in [1.54, 1.807) is 0 Å². The first-order valence-electron chi connectivity index (χ1n) is 7.34. The molecule has 3 radical (unpaired) electrons. The summed E-state index contributed by atoms with van der Waals surface area (Å²) in [4.78, 5) is 0. The fourth-order valence-corrected chi connectivity index (χ4v) is 2.30. The van der Waals surface area contributed by atoms with Crippen molar-refractivity contribution in [3.8, 4) is 0 Å². The topological polar surface area (TPSA) is 9.23 Å². The number of unbranched alkanes of at least 4 members (excludes halogenated alkanes) is 4. The van der Waals surface area contributed by atoms with Gasteiger partial charge in [0.15, 0.2) is 11.6 Å². The molecule has 0 saturated heterocycles. The highest BCUT2D eigenvalue weighted by Gasteiger charge is 2.14. The molecule has 0 atom stereocenters. The van der Waals surface area contributed by atoms with Crippen molar-refractivity contribution in [3.63, 3.8) is 0 Å². The standard InChI is InChI=1S/C16H22F3OSi/c1-16(2,20-21)9-7-5-3-4-6-8-12-10-14(18)15(19)11-13(12)17/h10-11H,3-9H2,1-2H3. The summed E-state index contributed by atoms with van der Waals surface area (Å²) >= 11 is 0. The van der Waals surface area contributed by atoms with E-state index in [4.69, 9.17) is 4.43 Å². The van der Waals surface area contributed by atoms with Crippen molar-refractivity contribution in [2.24, 2.45) is 0 Å². The third-order valence-electron chi connectivity index (χ3n) is 3.59. The molecule has 1 aromatic carbocycles. The number of halogens is 3. The van der Waals surface area contributed by atoms with Gasteiger partial charge in [-0.3, -0.25) is 0 Å². The van der Waals surface area contributed by atoms with Crippen molar-refractivity contribution in [2.75, 3.05) is 0 Å². The predicted molar refractivity (Wildman–Crippen MR) is 78.6 cm³/mol. The maximum absolute atomic E-state index is 13.4. The minimum Gasteiger partial charge on any atom is -0.414 e. The van der Waals surface area contributed by atoms with Crippen LogP contribution in [-0.4, -0.2) is 16.1 Å². The molecule has 0 fully saturated rings. The van der Waals surface area contributed by atoms with E-state index in [1.807, 2.05) is 13.8 Å². The lowest BCUT2D eigenvalue weighted by atomic mass is 9.99. The minimum absolute atomic E-state index is 0.161. The normalized spacial score (nSPS) is 11.9. The zero-order valence-corrected chi connectivity index (χ0v) is 13.6. The molecule has 0 bridgehead atoms. The third-order valence-corrected chi connectivity index (χ3v) is 4.14. The highest BCUT2D eigenvalue weighted by Crippen LogP contribution is 2.19. The summed E-state index contributed by atoms with van der Waals surface area (Å²) in [6.07, 6.45) is 6.33. The molecule has 0 aliphatic heterocycles. The third kappa shape index (κ3) is 6.65. The molecule has 1 rings (SSSR count). The van der Waals surface area contributed by atoms with Crippen LogP contribution in [0.25, 0.3) is 0 Å². The average molecular weight is 315 g/mol. The summed E-state index contributed by atoms with van der Waals surface area (Å²) in [5, 5.41) is 0. The Morgan fingerprint density at radius 2 is 1.48 bits per heavy atom. The van der Waals surface area contributed by atoms with Gasteiger partial charge in [-0.15, -0.1) is 0 Å². The molecule has 0 N–H and O–H groups in total.